The van der Waals surface area contributed by atoms with Gasteiger partial charge in [0.05, 0.1) is 6.61 Å². The normalized spacial score (nSPS) is 18.6. The summed E-state index contributed by atoms with van der Waals surface area (Å²) in [6.45, 7) is 7.53. The van der Waals surface area contributed by atoms with Crippen LogP contribution in [0.1, 0.15) is 45.1 Å². The van der Waals surface area contributed by atoms with Gasteiger partial charge in [0, 0.05) is 32.2 Å². The Morgan fingerprint density at radius 2 is 1.90 bits per heavy atom. The van der Waals surface area contributed by atoms with Crippen LogP contribution in [-0.4, -0.2) is 55.8 Å². The molecule has 3 rings (SSSR count). The molecule has 0 bridgehead atoms. The molecule has 1 amide bonds. The van der Waals surface area contributed by atoms with Gasteiger partial charge in [-0.3, -0.25) is 4.99 Å². The highest BCUT2D eigenvalue weighted by Gasteiger charge is 2.42. The van der Waals surface area contributed by atoms with E-state index in [2.05, 4.69) is 47.9 Å². The number of benzene rings is 1. The van der Waals surface area contributed by atoms with E-state index >= 15 is 0 Å². The Labute approximate surface area is 191 Å². The molecule has 0 unspecified atom stereocenters. The second kappa shape index (κ2) is 11.6. The molecule has 6 nitrogen and oxygen atoms in total. The lowest BCUT2D eigenvalue weighted by atomic mass is 9.97. The maximum Gasteiger partial charge on any atom is 0.409 e. The van der Waals surface area contributed by atoms with Crippen molar-refractivity contribution in [3.8, 4) is 0 Å². The summed E-state index contributed by atoms with van der Waals surface area (Å²) in [4.78, 5) is 18.6. The summed E-state index contributed by atoms with van der Waals surface area (Å²) in [5.74, 6) is 0.899. The van der Waals surface area contributed by atoms with Gasteiger partial charge in [0.15, 0.2) is 5.96 Å². The van der Waals surface area contributed by atoms with E-state index in [1.54, 1.807) is 4.90 Å². The number of hydrogen-bond acceptors (Lipinski definition) is 3. The van der Waals surface area contributed by atoms with Crippen molar-refractivity contribution >= 4 is 36.0 Å². The molecule has 1 aromatic rings. The monoisotopic (exact) mass is 514 g/mol. The summed E-state index contributed by atoms with van der Waals surface area (Å²) < 4.78 is 5.10. The molecule has 0 atom stereocenters. The SMILES string of the molecule is CCNC(=NCC1(Cc2ccccc2)CC1)NC1CCN(C(=O)OCC)CC1.I. The van der Waals surface area contributed by atoms with Crippen LogP contribution in [0.15, 0.2) is 35.3 Å². The molecular weight excluding hydrogens is 479 g/mol. The summed E-state index contributed by atoms with van der Waals surface area (Å²) in [5.41, 5.74) is 1.73. The van der Waals surface area contributed by atoms with Gasteiger partial charge in [-0.05, 0) is 56.9 Å². The molecule has 1 aliphatic heterocycles. The molecule has 0 spiro atoms. The predicted molar refractivity (Wildman–Crippen MR) is 128 cm³/mol. The molecule has 1 aliphatic carbocycles. The lowest BCUT2D eigenvalue weighted by Crippen LogP contribution is -2.50. The van der Waals surface area contributed by atoms with Gasteiger partial charge in [0.1, 0.15) is 0 Å². The fraction of sp³-hybridized carbons (Fsp3) is 0.636. The number of nitrogens with one attached hydrogen (secondary N) is 2. The second-order valence-electron chi connectivity index (χ2n) is 7.96. The van der Waals surface area contributed by atoms with E-state index in [0.29, 0.717) is 18.1 Å². The fourth-order valence-corrected chi connectivity index (χ4v) is 3.78. The molecule has 0 aromatic heterocycles. The van der Waals surface area contributed by atoms with Crippen LogP contribution < -0.4 is 10.6 Å². The minimum Gasteiger partial charge on any atom is -0.450 e. The van der Waals surface area contributed by atoms with Crippen molar-refractivity contribution in [3.05, 3.63) is 35.9 Å². The highest BCUT2D eigenvalue weighted by molar-refractivity contribution is 14.0. The summed E-state index contributed by atoms with van der Waals surface area (Å²) in [6, 6.07) is 11.1. The number of amides is 1. The van der Waals surface area contributed by atoms with E-state index in [4.69, 9.17) is 9.73 Å². The predicted octanol–water partition coefficient (Wildman–Crippen LogP) is 3.80. The molecule has 2 fully saturated rings. The van der Waals surface area contributed by atoms with Gasteiger partial charge in [0.25, 0.3) is 0 Å². The Hall–Kier alpha value is -1.51. The van der Waals surface area contributed by atoms with Crippen molar-refractivity contribution in [3.63, 3.8) is 0 Å². The maximum atomic E-state index is 11.8. The van der Waals surface area contributed by atoms with Crippen LogP contribution in [-0.2, 0) is 11.2 Å². The minimum atomic E-state index is -0.196. The van der Waals surface area contributed by atoms with Gasteiger partial charge in [-0.1, -0.05) is 30.3 Å². The first-order chi connectivity index (χ1) is 13.6. The van der Waals surface area contributed by atoms with Gasteiger partial charge in [-0.25, -0.2) is 4.79 Å². The van der Waals surface area contributed by atoms with Gasteiger partial charge in [-0.2, -0.15) is 0 Å². The van der Waals surface area contributed by atoms with Crippen molar-refractivity contribution in [2.75, 3.05) is 32.8 Å². The zero-order valence-corrected chi connectivity index (χ0v) is 20.0. The summed E-state index contributed by atoms with van der Waals surface area (Å²) in [6.07, 6.45) is 5.25. The average molecular weight is 514 g/mol. The lowest BCUT2D eigenvalue weighted by Gasteiger charge is -2.32. The van der Waals surface area contributed by atoms with Gasteiger partial charge in [0.2, 0.25) is 0 Å². The van der Waals surface area contributed by atoms with Crippen LogP contribution in [0.25, 0.3) is 0 Å². The topological polar surface area (TPSA) is 66.0 Å². The highest BCUT2D eigenvalue weighted by atomic mass is 127. The third-order valence-corrected chi connectivity index (χ3v) is 5.66. The molecule has 1 saturated carbocycles. The maximum absolute atomic E-state index is 11.8. The standard InChI is InChI=1S/C22H34N4O2.HI/c1-3-23-20(25-19-10-14-26(15-11-19)21(27)28-4-2)24-17-22(12-13-22)16-18-8-6-5-7-9-18;/h5-9,19H,3-4,10-17H2,1-2H3,(H2,23,24,25);1H. The molecule has 2 N–H and O–H groups in total. The number of rotatable bonds is 7. The van der Waals surface area contributed by atoms with E-state index in [1.807, 2.05) is 6.92 Å². The Kier molecular flexibility index (Phi) is 9.52. The number of carbonyl (C=O) groups is 1. The third kappa shape index (κ3) is 7.35. The lowest BCUT2D eigenvalue weighted by molar-refractivity contribution is 0.0963. The zero-order chi connectivity index (χ0) is 19.8. The smallest absolute Gasteiger partial charge is 0.409 e. The van der Waals surface area contributed by atoms with Crippen LogP contribution in [0.5, 0.6) is 0 Å². The Morgan fingerprint density at radius 1 is 1.21 bits per heavy atom. The third-order valence-electron chi connectivity index (χ3n) is 5.66. The van der Waals surface area contributed by atoms with E-state index in [0.717, 1.165) is 51.4 Å². The molecule has 1 saturated heterocycles. The van der Waals surface area contributed by atoms with Crippen molar-refractivity contribution in [2.45, 2.75) is 52.0 Å². The van der Waals surface area contributed by atoms with Crippen molar-refractivity contribution in [1.29, 1.82) is 0 Å². The molecular formula is C22H35IN4O2. The van der Waals surface area contributed by atoms with Crippen LogP contribution in [0.3, 0.4) is 0 Å². The van der Waals surface area contributed by atoms with Gasteiger partial charge < -0.3 is 20.3 Å². The second-order valence-corrected chi connectivity index (χ2v) is 7.96. The number of halogens is 1. The number of likely N-dealkylation sites (tertiary alicyclic amines) is 1. The Balaban J connectivity index is 0.00000300. The number of guanidine groups is 1. The summed E-state index contributed by atoms with van der Waals surface area (Å²) in [5, 5.41) is 6.95. The first-order valence-electron chi connectivity index (χ1n) is 10.6. The van der Waals surface area contributed by atoms with E-state index in [-0.39, 0.29) is 30.1 Å². The number of ether oxygens (including phenoxy) is 1. The van der Waals surface area contributed by atoms with Crippen LogP contribution in [0.2, 0.25) is 0 Å². The number of nitrogens with zero attached hydrogens (tertiary/aromatic N) is 2. The first-order valence-corrected chi connectivity index (χ1v) is 10.6. The molecule has 29 heavy (non-hydrogen) atoms. The van der Waals surface area contributed by atoms with E-state index in [9.17, 15) is 4.79 Å². The van der Waals surface area contributed by atoms with Gasteiger partial charge in [-0.15, -0.1) is 24.0 Å². The molecule has 7 heteroatoms. The first kappa shape index (κ1) is 23.8. The molecule has 1 aromatic carbocycles. The van der Waals surface area contributed by atoms with E-state index in [1.165, 1.54) is 18.4 Å². The largest absolute Gasteiger partial charge is 0.450 e. The number of piperidine rings is 1. The summed E-state index contributed by atoms with van der Waals surface area (Å²) >= 11 is 0. The van der Waals surface area contributed by atoms with Gasteiger partial charge >= 0.3 is 6.09 Å². The number of hydrogen-bond donors (Lipinski definition) is 2. The molecule has 1 heterocycles. The number of carbonyl (C=O) groups excluding carboxylic acids is 1. The quantitative estimate of drug-likeness (QED) is 0.330. The highest BCUT2D eigenvalue weighted by Crippen LogP contribution is 2.48. The van der Waals surface area contributed by atoms with Crippen LogP contribution in [0.4, 0.5) is 4.79 Å². The Bertz CT molecular complexity index is 656. The minimum absolute atomic E-state index is 0. The summed E-state index contributed by atoms with van der Waals surface area (Å²) in [7, 11) is 0. The van der Waals surface area contributed by atoms with Crippen LogP contribution >= 0.6 is 24.0 Å². The Morgan fingerprint density at radius 3 is 2.48 bits per heavy atom. The molecule has 0 radical (unpaired) electrons. The zero-order valence-electron chi connectivity index (χ0n) is 17.7. The fourth-order valence-electron chi connectivity index (χ4n) is 3.78. The average Bonchev–Trinajstić information content (AvgIpc) is 3.47. The van der Waals surface area contributed by atoms with Crippen LogP contribution in [0, 0.1) is 5.41 Å². The van der Waals surface area contributed by atoms with Crippen molar-refractivity contribution in [1.82, 2.24) is 15.5 Å². The molecule has 162 valence electrons. The van der Waals surface area contributed by atoms with E-state index < -0.39 is 0 Å². The van der Waals surface area contributed by atoms with Crippen molar-refractivity contribution < 1.29 is 9.53 Å². The number of aliphatic imine (C=N–C) groups is 1. The molecule has 2 aliphatic rings. The van der Waals surface area contributed by atoms with Crippen molar-refractivity contribution in [2.24, 2.45) is 10.4 Å².